The van der Waals surface area contributed by atoms with E-state index < -0.39 is 28.5 Å². The van der Waals surface area contributed by atoms with Gasteiger partial charge in [0.1, 0.15) is 12.6 Å². The monoisotopic (exact) mass is 637 g/mol. The maximum Gasteiger partial charge on any atom is 0.264 e. The molecule has 43 heavy (non-hydrogen) atoms. The molecular weight excluding hydrogens is 605 g/mol. The summed E-state index contributed by atoms with van der Waals surface area (Å²) in [6.45, 7) is 3.21. The molecule has 4 rings (SSSR count). The summed E-state index contributed by atoms with van der Waals surface area (Å²) in [5.41, 5.74) is 3.64. The van der Waals surface area contributed by atoms with Crippen LogP contribution in [0.15, 0.2) is 102 Å². The van der Waals surface area contributed by atoms with Crippen LogP contribution in [0.25, 0.3) is 0 Å². The molecule has 4 aromatic carbocycles. The summed E-state index contributed by atoms with van der Waals surface area (Å²) in [5, 5.41) is 3.32. The van der Waals surface area contributed by atoms with E-state index in [4.69, 9.17) is 23.2 Å². The van der Waals surface area contributed by atoms with Crippen molar-refractivity contribution < 1.29 is 18.0 Å². The fourth-order valence-electron chi connectivity index (χ4n) is 4.63. The van der Waals surface area contributed by atoms with Crippen molar-refractivity contribution >= 4 is 50.7 Å². The summed E-state index contributed by atoms with van der Waals surface area (Å²) in [6.07, 6.45) is 0.211. The van der Waals surface area contributed by atoms with Gasteiger partial charge in [0.05, 0.1) is 20.6 Å². The Morgan fingerprint density at radius 2 is 1.40 bits per heavy atom. The number of amides is 2. The molecule has 0 fully saturated rings. The van der Waals surface area contributed by atoms with Crippen molar-refractivity contribution in [3.8, 4) is 0 Å². The number of likely N-dealkylation sites (N-methyl/N-ethyl adjacent to an activating group) is 1. The zero-order chi connectivity index (χ0) is 31.1. The van der Waals surface area contributed by atoms with E-state index in [1.165, 1.54) is 24.1 Å². The van der Waals surface area contributed by atoms with Crippen LogP contribution in [0.5, 0.6) is 0 Å². The van der Waals surface area contributed by atoms with Crippen LogP contribution in [0.4, 0.5) is 5.69 Å². The Bertz CT molecular complexity index is 1680. The zero-order valence-electron chi connectivity index (χ0n) is 24.1. The molecule has 0 aromatic heterocycles. The van der Waals surface area contributed by atoms with E-state index in [-0.39, 0.29) is 23.8 Å². The van der Waals surface area contributed by atoms with Crippen molar-refractivity contribution in [1.82, 2.24) is 10.2 Å². The van der Waals surface area contributed by atoms with E-state index in [1.807, 2.05) is 44.2 Å². The van der Waals surface area contributed by atoms with Gasteiger partial charge in [0, 0.05) is 20.0 Å². The highest BCUT2D eigenvalue weighted by atomic mass is 35.5. The lowest BCUT2D eigenvalue weighted by Crippen LogP contribution is -2.53. The van der Waals surface area contributed by atoms with Crippen LogP contribution in [0.1, 0.15) is 22.3 Å². The van der Waals surface area contributed by atoms with Gasteiger partial charge in [-0.25, -0.2) is 8.42 Å². The molecule has 0 unspecified atom stereocenters. The molecule has 224 valence electrons. The number of hydrogen-bond acceptors (Lipinski definition) is 4. The van der Waals surface area contributed by atoms with Gasteiger partial charge in [0.25, 0.3) is 10.0 Å². The molecule has 0 heterocycles. The van der Waals surface area contributed by atoms with Crippen molar-refractivity contribution in [2.75, 3.05) is 17.9 Å². The van der Waals surface area contributed by atoms with E-state index in [2.05, 4.69) is 5.32 Å². The summed E-state index contributed by atoms with van der Waals surface area (Å²) in [6, 6.07) is 26.7. The number of hydrogen-bond donors (Lipinski definition) is 1. The second-order valence-corrected chi connectivity index (χ2v) is 12.9. The molecule has 2 amide bonds. The van der Waals surface area contributed by atoms with Gasteiger partial charge in [-0.15, -0.1) is 0 Å². The maximum absolute atomic E-state index is 14.3. The predicted molar refractivity (Wildman–Crippen MR) is 172 cm³/mol. The summed E-state index contributed by atoms with van der Waals surface area (Å²) < 4.78 is 29.1. The molecular formula is C33H33Cl2N3O4S. The summed E-state index contributed by atoms with van der Waals surface area (Å²) >= 11 is 12.4. The summed E-state index contributed by atoms with van der Waals surface area (Å²) in [7, 11) is -2.66. The van der Waals surface area contributed by atoms with Gasteiger partial charge in [-0.1, -0.05) is 95.0 Å². The predicted octanol–water partition coefficient (Wildman–Crippen LogP) is 6.19. The van der Waals surface area contributed by atoms with Crippen molar-refractivity contribution in [3.63, 3.8) is 0 Å². The van der Waals surface area contributed by atoms with Crippen LogP contribution < -0.4 is 9.62 Å². The first-order valence-corrected chi connectivity index (χ1v) is 15.8. The Morgan fingerprint density at radius 1 is 0.791 bits per heavy atom. The molecule has 0 aliphatic heterocycles. The number of halogens is 2. The van der Waals surface area contributed by atoms with E-state index in [9.17, 15) is 18.0 Å². The number of nitrogens with zero attached hydrogens (tertiary/aromatic N) is 2. The third kappa shape index (κ3) is 7.96. The van der Waals surface area contributed by atoms with E-state index >= 15 is 0 Å². The second-order valence-electron chi connectivity index (χ2n) is 10.3. The van der Waals surface area contributed by atoms with Crippen LogP contribution in [-0.4, -0.2) is 44.8 Å². The third-order valence-electron chi connectivity index (χ3n) is 7.06. The quantitative estimate of drug-likeness (QED) is 0.212. The lowest BCUT2D eigenvalue weighted by Gasteiger charge is -2.33. The van der Waals surface area contributed by atoms with Crippen LogP contribution in [0, 0.1) is 13.8 Å². The third-order valence-corrected chi connectivity index (χ3v) is 9.59. The summed E-state index contributed by atoms with van der Waals surface area (Å²) in [4.78, 5) is 29.1. The van der Waals surface area contributed by atoms with E-state index in [0.29, 0.717) is 21.3 Å². The van der Waals surface area contributed by atoms with E-state index in [0.717, 1.165) is 21.0 Å². The van der Waals surface area contributed by atoms with Gasteiger partial charge in [-0.05, 0) is 61.4 Å². The highest BCUT2D eigenvalue weighted by molar-refractivity contribution is 7.92. The molecule has 0 saturated heterocycles. The number of nitrogens with one attached hydrogen (secondary N) is 1. The molecule has 0 spiro atoms. The first-order chi connectivity index (χ1) is 20.5. The van der Waals surface area contributed by atoms with Crippen LogP contribution in [0.3, 0.4) is 0 Å². The number of carbonyl (C=O) groups is 2. The Balaban J connectivity index is 1.79. The minimum Gasteiger partial charge on any atom is -0.357 e. The lowest BCUT2D eigenvalue weighted by molar-refractivity contribution is -0.139. The highest BCUT2D eigenvalue weighted by Gasteiger charge is 2.34. The average Bonchev–Trinajstić information content (AvgIpc) is 3.00. The standard InChI is InChI=1S/C33H33Cl2N3O4S/c1-23-9-14-27(15-10-23)38(43(41,42)28-16-11-24(2)12-17-28)22-32(39)37(21-26-13-18-29(34)30(35)19-26)31(33(40)36-3)20-25-7-5-4-6-8-25/h4-19,31H,20-22H2,1-3H3,(H,36,40)/t31-/m1/s1. The van der Waals surface area contributed by atoms with Crippen LogP contribution in [0.2, 0.25) is 10.0 Å². The smallest absolute Gasteiger partial charge is 0.264 e. The molecule has 7 nitrogen and oxygen atoms in total. The number of aryl methyl sites for hydroxylation is 2. The molecule has 1 atom stereocenters. The van der Waals surface area contributed by atoms with Gasteiger partial charge in [-0.3, -0.25) is 13.9 Å². The fourth-order valence-corrected chi connectivity index (χ4v) is 6.37. The molecule has 0 bridgehead atoms. The minimum absolute atomic E-state index is 0.00698. The minimum atomic E-state index is -4.16. The average molecular weight is 639 g/mol. The molecule has 4 aromatic rings. The second kappa shape index (κ2) is 14.1. The highest BCUT2D eigenvalue weighted by Crippen LogP contribution is 2.27. The number of carbonyl (C=O) groups excluding carboxylic acids is 2. The van der Waals surface area contributed by atoms with Gasteiger partial charge in [-0.2, -0.15) is 0 Å². The van der Waals surface area contributed by atoms with Crippen molar-refractivity contribution in [1.29, 1.82) is 0 Å². The first-order valence-electron chi connectivity index (χ1n) is 13.6. The van der Waals surface area contributed by atoms with Gasteiger partial charge in [0.2, 0.25) is 11.8 Å². The number of anilines is 1. The molecule has 1 N–H and O–H groups in total. The van der Waals surface area contributed by atoms with E-state index in [1.54, 1.807) is 54.6 Å². The maximum atomic E-state index is 14.3. The van der Waals surface area contributed by atoms with Crippen LogP contribution in [-0.2, 0) is 32.6 Å². The Labute approximate surface area is 263 Å². The van der Waals surface area contributed by atoms with Gasteiger partial charge >= 0.3 is 0 Å². The number of sulfonamides is 1. The van der Waals surface area contributed by atoms with Gasteiger partial charge < -0.3 is 10.2 Å². The summed E-state index contributed by atoms with van der Waals surface area (Å²) in [5.74, 6) is -0.951. The van der Waals surface area contributed by atoms with Crippen molar-refractivity contribution in [2.24, 2.45) is 0 Å². The van der Waals surface area contributed by atoms with Crippen molar-refractivity contribution in [2.45, 2.75) is 37.8 Å². The normalized spacial score (nSPS) is 11.9. The lowest BCUT2D eigenvalue weighted by atomic mass is 10.0. The SMILES string of the molecule is CNC(=O)[C@@H](Cc1ccccc1)N(Cc1ccc(Cl)c(Cl)c1)C(=O)CN(c1ccc(C)cc1)S(=O)(=O)c1ccc(C)cc1. The fraction of sp³-hybridized carbons (Fsp3) is 0.212. The molecule has 0 saturated carbocycles. The topological polar surface area (TPSA) is 86.8 Å². The molecule has 0 aliphatic carbocycles. The van der Waals surface area contributed by atoms with Crippen LogP contribution >= 0.6 is 23.2 Å². The Hall–Kier alpha value is -3.85. The van der Waals surface area contributed by atoms with Gasteiger partial charge in [0.15, 0.2) is 0 Å². The number of benzene rings is 4. The Morgan fingerprint density at radius 3 is 1.98 bits per heavy atom. The molecule has 0 radical (unpaired) electrons. The molecule has 0 aliphatic rings. The molecule has 10 heteroatoms. The first kappa shape index (κ1) is 32.1. The largest absolute Gasteiger partial charge is 0.357 e. The van der Waals surface area contributed by atoms with Crippen molar-refractivity contribution in [3.05, 3.63) is 129 Å². The zero-order valence-corrected chi connectivity index (χ0v) is 26.5. The Kier molecular flexibility index (Phi) is 10.5. The number of rotatable bonds is 11.